The fourth-order valence-corrected chi connectivity index (χ4v) is 1.95. The predicted molar refractivity (Wildman–Crippen MR) is 84.9 cm³/mol. The highest BCUT2D eigenvalue weighted by atomic mass is 16.5. The van der Waals surface area contributed by atoms with Crippen molar-refractivity contribution in [3.63, 3.8) is 0 Å². The van der Waals surface area contributed by atoms with E-state index in [-0.39, 0.29) is 13.0 Å². The lowest BCUT2D eigenvalue weighted by Crippen LogP contribution is -2.41. The molecule has 2 N–H and O–H groups in total. The highest BCUT2D eigenvalue weighted by molar-refractivity contribution is 5.95. The van der Waals surface area contributed by atoms with Gasteiger partial charge in [0.25, 0.3) is 5.91 Å². The molecule has 1 aromatic heterocycles. The topological polar surface area (TPSA) is 97.6 Å². The summed E-state index contributed by atoms with van der Waals surface area (Å²) in [6.45, 7) is 1.52. The molecule has 0 saturated heterocycles. The Kier molecular flexibility index (Phi) is 6.13. The SMILES string of the molecule is Cc1ccccc1CC(=O)OCC(=O)NC(=O)NCc1ccco1. The minimum Gasteiger partial charge on any atom is -0.467 e. The first-order chi connectivity index (χ1) is 11.5. The third-order valence-electron chi connectivity index (χ3n) is 3.22. The van der Waals surface area contributed by atoms with Gasteiger partial charge in [-0.1, -0.05) is 24.3 Å². The van der Waals surface area contributed by atoms with Crippen LogP contribution < -0.4 is 10.6 Å². The number of hydrogen-bond acceptors (Lipinski definition) is 5. The Labute approximate surface area is 139 Å². The highest BCUT2D eigenvalue weighted by Crippen LogP contribution is 2.08. The molecule has 0 saturated carbocycles. The number of carbonyl (C=O) groups excluding carboxylic acids is 3. The standard InChI is InChI=1S/C17H18N2O5/c1-12-5-2-3-6-13(12)9-16(21)24-11-15(20)19-17(22)18-10-14-7-4-8-23-14/h2-8H,9-11H2,1H3,(H2,18,19,20,22). The highest BCUT2D eigenvalue weighted by Gasteiger charge is 2.12. The van der Waals surface area contributed by atoms with Crippen molar-refractivity contribution in [3.05, 3.63) is 59.5 Å². The number of amides is 3. The van der Waals surface area contributed by atoms with Crippen molar-refractivity contribution in [2.24, 2.45) is 0 Å². The van der Waals surface area contributed by atoms with Crippen molar-refractivity contribution in [1.29, 1.82) is 0 Å². The summed E-state index contributed by atoms with van der Waals surface area (Å²) in [5, 5.41) is 4.51. The van der Waals surface area contributed by atoms with Crippen LogP contribution >= 0.6 is 0 Å². The Morgan fingerprint density at radius 3 is 2.62 bits per heavy atom. The molecule has 0 spiro atoms. The molecule has 0 fully saturated rings. The van der Waals surface area contributed by atoms with E-state index in [0.717, 1.165) is 11.1 Å². The number of ether oxygens (including phenoxy) is 1. The van der Waals surface area contributed by atoms with Crippen molar-refractivity contribution < 1.29 is 23.5 Å². The molecule has 126 valence electrons. The average molecular weight is 330 g/mol. The first-order valence-corrected chi connectivity index (χ1v) is 7.35. The zero-order valence-corrected chi connectivity index (χ0v) is 13.2. The second-order valence-corrected chi connectivity index (χ2v) is 5.07. The number of benzene rings is 1. The second-order valence-electron chi connectivity index (χ2n) is 5.07. The van der Waals surface area contributed by atoms with Crippen molar-refractivity contribution in [3.8, 4) is 0 Å². The van der Waals surface area contributed by atoms with Crippen LogP contribution in [-0.4, -0.2) is 24.5 Å². The number of carbonyl (C=O) groups is 3. The van der Waals surface area contributed by atoms with Gasteiger partial charge in [-0.05, 0) is 30.2 Å². The smallest absolute Gasteiger partial charge is 0.321 e. The summed E-state index contributed by atoms with van der Waals surface area (Å²) in [7, 11) is 0. The largest absolute Gasteiger partial charge is 0.467 e. The van der Waals surface area contributed by atoms with Gasteiger partial charge in [0.05, 0.1) is 19.2 Å². The summed E-state index contributed by atoms with van der Waals surface area (Å²) in [4.78, 5) is 34.8. The number of imide groups is 1. The second kappa shape index (κ2) is 8.52. The van der Waals surface area contributed by atoms with E-state index in [0.29, 0.717) is 5.76 Å². The lowest BCUT2D eigenvalue weighted by atomic mass is 10.1. The van der Waals surface area contributed by atoms with E-state index in [1.54, 1.807) is 12.1 Å². The van der Waals surface area contributed by atoms with E-state index < -0.39 is 24.5 Å². The molecule has 0 radical (unpaired) electrons. The molecule has 7 nitrogen and oxygen atoms in total. The lowest BCUT2D eigenvalue weighted by Gasteiger charge is -2.08. The van der Waals surface area contributed by atoms with Gasteiger partial charge >= 0.3 is 12.0 Å². The third-order valence-corrected chi connectivity index (χ3v) is 3.22. The summed E-state index contributed by atoms with van der Waals surface area (Å²) >= 11 is 0. The van der Waals surface area contributed by atoms with E-state index in [2.05, 4.69) is 10.6 Å². The van der Waals surface area contributed by atoms with Gasteiger partial charge in [-0.2, -0.15) is 0 Å². The van der Waals surface area contributed by atoms with Crippen molar-refractivity contribution in [1.82, 2.24) is 10.6 Å². The normalized spacial score (nSPS) is 10.0. The maximum absolute atomic E-state index is 11.7. The van der Waals surface area contributed by atoms with Gasteiger partial charge in [-0.3, -0.25) is 14.9 Å². The van der Waals surface area contributed by atoms with Crippen LogP contribution in [0.3, 0.4) is 0 Å². The van der Waals surface area contributed by atoms with E-state index in [1.807, 2.05) is 31.2 Å². The Morgan fingerprint density at radius 2 is 1.92 bits per heavy atom. The fraction of sp³-hybridized carbons (Fsp3) is 0.235. The minimum absolute atomic E-state index is 0.0741. The first-order valence-electron chi connectivity index (χ1n) is 7.35. The van der Waals surface area contributed by atoms with Gasteiger partial charge in [0.2, 0.25) is 0 Å². The molecule has 2 aromatic rings. The summed E-state index contributed by atoms with van der Waals surface area (Å²) in [5.74, 6) is -0.678. The number of esters is 1. The van der Waals surface area contributed by atoms with E-state index >= 15 is 0 Å². The molecule has 0 bridgehead atoms. The van der Waals surface area contributed by atoms with E-state index in [4.69, 9.17) is 9.15 Å². The molecule has 0 atom stereocenters. The number of urea groups is 1. The van der Waals surface area contributed by atoms with E-state index in [1.165, 1.54) is 6.26 Å². The molecule has 1 aromatic carbocycles. The summed E-state index contributed by atoms with van der Waals surface area (Å²) in [5.41, 5.74) is 1.80. The van der Waals surface area contributed by atoms with Gasteiger partial charge in [0.1, 0.15) is 5.76 Å². The van der Waals surface area contributed by atoms with Crippen molar-refractivity contribution in [2.75, 3.05) is 6.61 Å². The van der Waals surface area contributed by atoms with Crippen molar-refractivity contribution >= 4 is 17.9 Å². The number of aryl methyl sites for hydroxylation is 1. The van der Waals surface area contributed by atoms with Crippen LogP contribution in [0.5, 0.6) is 0 Å². The Morgan fingerprint density at radius 1 is 1.12 bits per heavy atom. The van der Waals surface area contributed by atoms with Crippen LogP contribution in [0.15, 0.2) is 47.1 Å². The van der Waals surface area contributed by atoms with Crippen LogP contribution in [0.1, 0.15) is 16.9 Å². The van der Waals surface area contributed by atoms with Gasteiger partial charge in [0, 0.05) is 0 Å². The molecule has 3 amide bonds. The summed E-state index contributed by atoms with van der Waals surface area (Å²) in [6.07, 6.45) is 1.55. The molecule has 0 aliphatic carbocycles. The van der Waals surface area contributed by atoms with Gasteiger partial charge in [-0.25, -0.2) is 4.79 Å². The lowest BCUT2D eigenvalue weighted by molar-refractivity contribution is -0.147. The molecule has 0 aliphatic rings. The van der Waals surface area contributed by atoms with Crippen LogP contribution in [0.25, 0.3) is 0 Å². The van der Waals surface area contributed by atoms with Crippen LogP contribution in [0.4, 0.5) is 4.79 Å². The van der Waals surface area contributed by atoms with Crippen LogP contribution in [0.2, 0.25) is 0 Å². The zero-order chi connectivity index (χ0) is 17.4. The maximum atomic E-state index is 11.7. The predicted octanol–water partition coefficient (Wildman–Crippen LogP) is 1.70. The number of nitrogens with one attached hydrogen (secondary N) is 2. The van der Waals surface area contributed by atoms with Gasteiger partial charge in [-0.15, -0.1) is 0 Å². The minimum atomic E-state index is -0.704. The molecule has 0 aliphatic heterocycles. The Hall–Kier alpha value is -3.09. The monoisotopic (exact) mass is 330 g/mol. The van der Waals surface area contributed by atoms with Crippen LogP contribution in [-0.2, 0) is 27.3 Å². The van der Waals surface area contributed by atoms with Crippen LogP contribution in [0, 0.1) is 6.92 Å². The number of furan rings is 1. The molecule has 1 heterocycles. The zero-order valence-electron chi connectivity index (χ0n) is 13.2. The van der Waals surface area contributed by atoms with Crippen molar-refractivity contribution in [2.45, 2.75) is 19.9 Å². The Balaban J connectivity index is 1.67. The third kappa shape index (κ3) is 5.60. The Bertz CT molecular complexity index is 710. The van der Waals surface area contributed by atoms with E-state index in [9.17, 15) is 14.4 Å². The fourth-order valence-electron chi connectivity index (χ4n) is 1.95. The molecule has 24 heavy (non-hydrogen) atoms. The summed E-state index contributed by atoms with van der Waals surface area (Å²) < 4.78 is 9.90. The molecule has 0 unspecified atom stereocenters. The summed E-state index contributed by atoms with van der Waals surface area (Å²) in [6, 6.07) is 10.1. The van der Waals surface area contributed by atoms with Gasteiger partial charge < -0.3 is 14.5 Å². The molecule has 7 heteroatoms. The average Bonchev–Trinajstić information content (AvgIpc) is 3.07. The molecular weight excluding hydrogens is 312 g/mol. The maximum Gasteiger partial charge on any atom is 0.321 e. The first kappa shape index (κ1) is 17.3. The quantitative estimate of drug-likeness (QED) is 0.786. The number of hydrogen-bond donors (Lipinski definition) is 2. The molecule has 2 rings (SSSR count). The molecular formula is C17H18N2O5. The van der Waals surface area contributed by atoms with Gasteiger partial charge in [0.15, 0.2) is 6.61 Å². The number of rotatable bonds is 6.